The Morgan fingerprint density at radius 3 is 2.11 bits per heavy atom. The Labute approximate surface area is 283 Å². The van der Waals surface area contributed by atoms with Crippen molar-refractivity contribution < 1.29 is 18.0 Å². The molecule has 11 heteroatoms. The van der Waals surface area contributed by atoms with Gasteiger partial charge in [0.1, 0.15) is 12.6 Å². The van der Waals surface area contributed by atoms with Crippen molar-refractivity contribution in [2.45, 2.75) is 37.8 Å². The summed E-state index contributed by atoms with van der Waals surface area (Å²) in [5.41, 5.74) is 1.70. The van der Waals surface area contributed by atoms with Crippen molar-refractivity contribution in [2.75, 3.05) is 17.4 Å². The normalized spacial score (nSPS) is 12.0. The van der Waals surface area contributed by atoms with E-state index in [1.54, 1.807) is 18.2 Å². The van der Waals surface area contributed by atoms with E-state index in [2.05, 4.69) is 21.2 Å². The summed E-state index contributed by atoms with van der Waals surface area (Å²) in [6.45, 7) is 3.82. The van der Waals surface area contributed by atoms with Crippen LogP contribution in [0.25, 0.3) is 0 Å². The highest BCUT2D eigenvalue weighted by Gasteiger charge is 2.35. The van der Waals surface area contributed by atoms with Gasteiger partial charge in [-0.3, -0.25) is 13.9 Å². The third-order valence-corrected chi connectivity index (χ3v) is 9.79. The Morgan fingerprint density at radius 1 is 0.844 bits per heavy atom. The molecular formula is C34H34BrCl2N3O4S. The van der Waals surface area contributed by atoms with Crippen molar-refractivity contribution in [2.24, 2.45) is 5.92 Å². The molecule has 1 atom stereocenters. The van der Waals surface area contributed by atoms with Crippen LogP contribution in [0.5, 0.6) is 0 Å². The van der Waals surface area contributed by atoms with Crippen LogP contribution in [0.1, 0.15) is 25.0 Å². The smallest absolute Gasteiger partial charge is 0.264 e. The highest BCUT2D eigenvalue weighted by Crippen LogP contribution is 2.33. The molecule has 2 amide bonds. The lowest BCUT2D eigenvalue weighted by Crippen LogP contribution is -2.53. The van der Waals surface area contributed by atoms with Gasteiger partial charge in [-0.15, -0.1) is 0 Å². The zero-order chi connectivity index (χ0) is 32.6. The van der Waals surface area contributed by atoms with Crippen molar-refractivity contribution >= 4 is 66.7 Å². The Morgan fingerprint density at radius 2 is 1.49 bits per heavy atom. The van der Waals surface area contributed by atoms with Crippen molar-refractivity contribution in [3.05, 3.63) is 129 Å². The number of hydrogen-bond donors (Lipinski definition) is 1. The predicted molar refractivity (Wildman–Crippen MR) is 184 cm³/mol. The molecule has 0 aliphatic carbocycles. The number of halogens is 3. The van der Waals surface area contributed by atoms with Crippen LogP contribution in [0.4, 0.5) is 5.69 Å². The van der Waals surface area contributed by atoms with E-state index in [0.717, 1.165) is 19.9 Å². The Hall–Kier alpha value is -3.37. The summed E-state index contributed by atoms with van der Waals surface area (Å²) < 4.78 is 29.9. The van der Waals surface area contributed by atoms with E-state index in [0.29, 0.717) is 11.6 Å². The molecule has 0 bridgehead atoms. The van der Waals surface area contributed by atoms with E-state index in [1.165, 1.54) is 35.2 Å². The highest BCUT2D eigenvalue weighted by atomic mass is 79.9. The maximum absolute atomic E-state index is 14.5. The second-order valence-corrected chi connectivity index (χ2v) is 14.5. The largest absolute Gasteiger partial charge is 0.354 e. The molecule has 0 aromatic heterocycles. The van der Waals surface area contributed by atoms with Gasteiger partial charge >= 0.3 is 0 Å². The first-order valence-corrected chi connectivity index (χ1v) is 17.3. The molecule has 0 saturated carbocycles. The summed E-state index contributed by atoms with van der Waals surface area (Å²) in [5.74, 6) is -0.738. The maximum Gasteiger partial charge on any atom is 0.264 e. The number of carbonyl (C=O) groups is 2. The molecule has 0 spiro atoms. The topological polar surface area (TPSA) is 86.8 Å². The molecule has 45 heavy (non-hydrogen) atoms. The predicted octanol–water partition coefficient (Wildman–Crippen LogP) is 7.36. The van der Waals surface area contributed by atoms with Crippen LogP contribution in [0.2, 0.25) is 10.0 Å². The van der Waals surface area contributed by atoms with Gasteiger partial charge in [0.25, 0.3) is 10.0 Å². The fraction of sp³-hybridized carbons (Fsp3) is 0.235. The van der Waals surface area contributed by atoms with Crippen molar-refractivity contribution in [1.82, 2.24) is 10.2 Å². The van der Waals surface area contributed by atoms with Gasteiger partial charge in [0, 0.05) is 29.0 Å². The molecule has 1 N–H and O–H groups in total. The summed E-state index contributed by atoms with van der Waals surface area (Å²) in [5, 5.41) is 3.35. The van der Waals surface area contributed by atoms with E-state index in [-0.39, 0.29) is 40.4 Å². The molecule has 4 aromatic carbocycles. The molecule has 0 fully saturated rings. The molecule has 0 unspecified atom stereocenters. The lowest BCUT2D eigenvalue weighted by atomic mass is 10.0. The number of nitrogens with zero attached hydrogens (tertiary/aromatic N) is 2. The molecule has 0 radical (unpaired) electrons. The van der Waals surface area contributed by atoms with Gasteiger partial charge in [0.15, 0.2) is 0 Å². The second-order valence-electron chi connectivity index (χ2n) is 10.9. The minimum absolute atomic E-state index is 0.0159. The number of anilines is 1. The lowest BCUT2D eigenvalue weighted by Gasteiger charge is -2.34. The Kier molecular flexibility index (Phi) is 12.1. The van der Waals surface area contributed by atoms with E-state index >= 15 is 0 Å². The molecule has 7 nitrogen and oxygen atoms in total. The zero-order valence-electron chi connectivity index (χ0n) is 24.9. The van der Waals surface area contributed by atoms with Gasteiger partial charge in [-0.1, -0.05) is 114 Å². The standard InChI is InChI=1S/C34H34BrCl2N3O4S/c1-24(2)21-38-34(42)32(19-25-10-5-3-6-11-25)39(22-26-12-9-13-27(35)18-26)33(41)23-40(31-17-16-28(36)20-30(31)37)45(43,44)29-14-7-4-8-15-29/h3-18,20,24,32H,19,21-23H2,1-2H3,(H,38,42)/t32-/m1/s1. The minimum Gasteiger partial charge on any atom is -0.354 e. The van der Waals surface area contributed by atoms with Gasteiger partial charge < -0.3 is 10.2 Å². The van der Waals surface area contributed by atoms with E-state index in [9.17, 15) is 18.0 Å². The zero-order valence-corrected chi connectivity index (χ0v) is 28.8. The van der Waals surface area contributed by atoms with Gasteiger partial charge in [-0.05, 0) is 59.5 Å². The molecule has 0 aliphatic heterocycles. The van der Waals surface area contributed by atoms with Crippen LogP contribution in [-0.4, -0.2) is 44.3 Å². The van der Waals surface area contributed by atoms with E-state index in [4.69, 9.17) is 23.2 Å². The summed E-state index contributed by atoms with van der Waals surface area (Å²) in [4.78, 5) is 29.8. The molecule has 236 valence electrons. The SMILES string of the molecule is CC(C)CNC(=O)[C@@H](Cc1ccccc1)N(Cc1cccc(Br)c1)C(=O)CN(c1ccc(Cl)cc1Cl)S(=O)(=O)c1ccccc1. The van der Waals surface area contributed by atoms with Crippen LogP contribution in [0, 0.1) is 5.92 Å². The van der Waals surface area contributed by atoms with Crippen molar-refractivity contribution in [3.8, 4) is 0 Å². The number of benzene rings is 4. The highest BCUT2D eigenvalue weighted by molar-refractivity contribution is 9.10. The molecule has 4 aromatic rings. The lowest BCUT2D eigenvalue weighted by molar-refractivity contribution is -0.140. The van der Waals surface area contributed by atoms with Crippen LogP contribution in [0.3, 0.4) is 0 Å². The molecule has 0 heterocycles. The van der Waals surface area contributed by atoms with Gasteiger partial charge in [0.05, 0.1) is 15.6 Å². The van der Waals surface area contributed by atoms with Gasteiger partial charge in [-0.25, -0.2) is 8.42 Å². The monoisotopic (exact) mass is 729 g/mol. The van der Waals surface area contributed by atoms with Crippen molar-refractivity contribution in [1.29, 1.82) is 0 Å². The number of hydrogen-bond acceptors (Lipinski definition) is 4. The first kappa shape index (κ1) is 34.5. The Bertz CT molecular complexity index is 1720. The first-order valence-electron chi connectivity index (χ1n) is 14.3. The van der Waals surface area contributed by atoms with Crippen LogP contribution in [0.15, 0.2) is 112 Å². The molecule has 0 aliphatic rings. The van der Waals surface area contributed by atoms with E-state index in [1.807, 2.05) is 68.4 Å². The second kappa shape index (κ2) is 15.8. The fourth-order valence-electron chi connectivity index (χ4n) is 4.73. The number of amides is 2. The minimum atomic E-state index is -4.27. The number of carbonyl (C=O) groups excluding carboxylic acids is 2. The number of nitrogens with one attached hydrogen (secondary N) is 1. The molecule has 4 rings (SSSR count). The van der Waals surface area contributed by atoms with Gasteiger partial charge in [0.2, 0.25) is 11.8 Å². The van der Waals surface area contributed by atoms with Gasteiger partial charge in [-0.2, -0.15) is 0 Å². The molecule has 0 saturated heterocycles. The first-order chi connectivity index (χ1) is 21.5. The summed E-state index contributed by atoms with van der Waals surface area (Å²) in [6.07, 6.45) is 0.220. The summed E-state index contributed by atoms with van der Waals surface area (Å²) in [7, 11) is -4.27. The maximum atomic E-state index is 14.5. The van der Waals surface area contributed by atoms with E-state index < -0.39 is 28.5 Å². The average Bonchev–Trinajstić information content (AvgIpc) is 3.01. The molecular weight excluding hydrogens is 697 g/mol. The fourth-order valence-corrected chi connectivity index (χ4v) is 7.19. The third-order valence-electron chi connectivity index (χ3n) is 6.99. The quantitative estimate of drug-likeness (QED) is 0.156. The van der Waals surface area contributed by atoms with Crippen LogP contribution >= 0.6 is 39.1 Å². The number of rotatable bonds is 13. The Balaban J connectivity index is 1.82. The van der Waals surface area contributed by atoms with Crippen LogP contribution in [-0.2, 0) is 32.6 Å². The average molecular weight is 732 g/mol. The third kappa shape index (κ3) is 9.33. The number of sulfonamides is 1. The van der Waals surface area contributed by atoms with Crippen LogP contribution < -0.4 is 9.62 Å². The summed E-state index contributed by atoms with van der Waals surface area (Å²) in [6, 6.07) is 28.1. The summed E-state index contributed by atoms with van der Waals surface area (Å²) >= 11 is 16.2. The van der Waals surface area contributed by atoms with Crippen molar-refractivity contribution in [3.63, 3.8) is 0 Å².